The molecule has 1 aliphatic heterocycles. The molecule has 15 heavy (non-hydrogen) atoms. The van der Waals surface area contributed by atoms with Crippen molar-refractivity contribution in [3.05, 3.63) is 12.0 Å². The van der Waals surface area contributed by atoms with Gasteiger partial charge in [-0.05, 0) is 0 Å². The molecule has 1 saturated heterocycles. The Morgan fingerprint density at radius 2 is 2.27 bits per heavy atom. The number of H-pyrrole nitrogens is 1. The maximum Gasteiger partial charge on any atom is 0.371 e. The van der Waals surface area contributed by atoms with Gasteiger partial charge in [-0.25, -0.2) is 9.78 Å². The molecule has 0 bridgehead atoms. The predicted molar refractivity (Wildman–Crippen MR) is 50.5 cm³/mol. The number of amides is 1. The molecule has 1 aromatic rings. The Balaban J connectivity index is 1.97. The zero-order chi connectivity index (χ0) is 10.8. The standard InChI is InChI=1S/C8H10N4O3/c13-7(4-1-9-2-4)12-5-3-10-6(11-5)8(14)15/h3-4,9H,1-2H2,(H,10,11)(H,12,13)(H,14,15). The van der Waals surface area contributed by atoms with Crippen LogP contribution >= 0.6 is 0 Å². The van der Waals surface area contributed by atoms with Crippen molar-refractivity contribution in [1.82, 2.24) is 15.3 Å². The van der Waals surface area contributed by atoms with Gasteiger partial charge in [0, 0.05) is 13.1 Å². The van der Waals surface area contributed by atoms with Crippen LogP contribution in [-0.2, 0) is 4.79 Å². The minimum absolute atomic E-state index is 0.0402. The number of anilines is 1. The summed E-state index contributed by atoms with van der Waals surface area (Å²) in [7, 11) is 0. The predicted octanol–water partition coefficient (Wildman–Crippen LogP) is -0.734. The van der Waals surface area contributed by atoms with Crippen LogP contribution in [0.25, 0.3) is 0 Å². The zero-order valence-corrected chi connectivity index (χ0v) is 7.78. The summed E-state index contributed by atoms with van der Waals surface area (Å²) in [5, 5.41) is 14.1. The summed E-state index contributed by atoms with van der Waals surface area (Å²) in [4.78, 5) is 28.0. The Bertz CT molecular complexity index is 396. The average Bonchev–Trinajstić information content (AvgIpc) is 2.48. The van der Waals surface area contributed by atoms with Gasteiger partial charge in [0.05, 0.1) is 12.1 Å². The van der Waals surface area contributed by atoms with Crippen LogP contribution in [0.2, 0.25) is 0 Å². The molecule has 1 fully saturated rings. The number of carbonyl (C=O) groups is 2. The molecule has 2 heterocycles. The second-order valence-electron chi connectivity index (χ2n) is 3.30. The Kier molecular flexibility index (Phi) is 2.38. The molecule has 0 spiro atoms. The van der Waals surface area contributed by atoms with Crippen LogP contribution in [0.1, 0.15) is 10.6 Å². The van der Waals surface area contributed by atoms with Crippen molar-refractivity contribution in [2.24, 2.45) is 5.92 Å². The normalized spacial score (nSPS) is 15.7. The van der Waals surface area contributed by atoms with Gasteiger partial charge in [0.1, 0.15) is 5.82 Å². The molecule has 0 aliphatic carbocycles. The van der Waals surface area contributed by atoms with Crippen LogP contribution in [-0.4, -0.2) is 40.0 Å². The largest absolute Gasteiger partial charge is 0.475 e. The first-order valence-electron chi connectivity index (χ1n) is 4.46. The Hall–Kier alpha value is -1.89. The van der Waals surface area contributed by atoms with Crippen molar-refractivity contribution in [2.75, 3.05) is 18.4 Å². The van der Waals surface area contributed by atoms with Gasteiger partial charge in [0.25, 0.3) is 0 Å². The van der Waals surface area contributed by atoms with Crippen molar-refractivity contribution in [3.63, 3.8) is 0 Å². The SMILES string of the molecule is O=C(O)c1ncc(NC(=O)C2CNC2)[nH]1. The molecular formula is C8H10N4O3. The number of rotatable bonds is 3. The van der Waals surface area contributed by atoms with E-state index in [9.17, 15) is 9.59 Å². The van der Waals surface area contributed by atoms with Crippen LogP contribution in [0, 0.1) is 5.92 Å². The van der Waals surface area contributed by atoms with E-state index >= 15 is 0 Å². The molecule has 0 saturated carbocycles. The molecule has 4 N–H and O–H groups in total. The smallest absolute Gasteiger partial charge is 0.371 e. The van der Waals surface area contributed by atoms with Crippen LogP contribution < -0.4 is 10.6 Å². The number of nitrogens with one attached hydrogen (secondary N) is 3. The second kappa shape index (κ2) is 3.70. The Morgan fingerprint density at radius 1 is 1.53 bits per heavy atom. The van der Waals surface area contributed by atoms with Crippen LogP contribution in [0.4, 0.5) is 5.82 Å². The molecule has 7 heteroatoms. The lowest BCUT2D eigenvalue weighted by Gasteiger charge is -2.25. The zero-order valence-electron chi connectivity index (χ0n) is 7.78. The molecule has 1 aromatic heterocycles. The number of aromatic carboxylic acids is 1. The lowest BCUT2D eigenvalue weighted by molar-refractivity contribution is -0.121. The quantitative estimate of drug-likeness (QED) is 0.526. The Labute approximate surface area is 84.9 Å². The fourth-order valence-electron chi connectivity index (χ4n) is 1.20. The van der Waals surface area contributed by atoms with E-state index in [-0.39, 0.29) is 17.6 Å². The van der Waals surface area contributed by atoms with E-state index in [0.29, 0.717) is 18.9 Å². The minimum Gasteiger partial charge on any atom is -0.475 e. The summed E-state index contributed by atoms with van der Waals surface area (Å²) in [6, 6.07) is 0. The van der Waals surface area contributed by atoms with Gasteiger partial charge < -0.3 is 20.7 Å². The van der Waals surface area contributed by atoms with Crippen molar-refractivity contribution < 1.29 is 14.7 Å². The van der Waals surface area contributed by atoms with Gasteiger partial charge in [-0.3, -0.25) is 4.79 Å². The van der Waals surface area contributed by atoms with Crippen LogP contribution in [0.3, 0.4) is 0 Å². The Morgan fingerprint density at radius 3 is 2.73 bits per heavy atom. The van der Waals surface area contributed by atoms with E-state index in [0.717, 1.165) is 0 Å². The summed E-state index contributed by atoms with van der Waals surface area (Å²) >= 11 is 0. The third-order valence-electron chi connectivity index (χ3n) is 2.19. The summed E-state index contributed by atoms with van der Waals surface area (Å²) in [5.74, 6) is -1.20. The highest BCUT2D eigenvalue weighted by Crippen LogP contribution is 2.08. The number of aromatic amines is 1. The molecule has 7 nitrogen and oxygen atoms in total. The van der Waals surface area contributed by atoms with E-state index < -0.39 is 5.97 Å². The van der Waals surface area contributed by atoms with E-state index in [2.05, 4.69) is 20.6 Å². The minimum atomic E-state index is -1.15. The number of nitrogens with zero attached hydrogens (tertiary/aromatic N) is 1. The van der Waals surface area contributed by atoms with E-state index in [1.54, 1.807) is 0 Å². The molecule has 0 radical (unpaired) electrons. The van der Waals surface area contributed by atoms with E-state index in [1.807, 2.05) is 0 Å². The fraction of sp³-hybridized carbons (Fsp3) is 0.375. The molecule has 0 aromatic carbocycles. The fourth-order valence-corrected chi connectivity index (χ4v) is 1.20. The molecule has 0 unspecified atom stereocenters. The number of carbonyl (C=O) groups excluding carboxylic acids is 1. The first-order chi connectivity index (χ1) is 7.16. The highest BCUT2D eigenvalue weighted by Gasteiger charge is 2.25. The number of imidazole rings is 1. The van der Waals surface area contributed by atoms with Crippen molar-refractivity contribution in [1.29, 1.82) is 0 Å². The highest BCUT2D eigenvalue weighted by molar-refractivity contribution is 5.93. The number of carboxylic acid groups (broad SMARTS) is 1. The summed E-state index contributed by atoms with van der Waals surface area (Å²) in [6.07, 6.45) is 1.29. The molecule has 0 atom stereocenters. The highest BCUT2D eigenvalue weighted by atomic mass is 16.4. The number of hydrogen-bond donors (Lipinski definition) is 4. The van der Waals surface area contributed by atoms with Gasteiger partial charge >= 0.3 is 5.97 Å². The number of hydrogen-bond acceptors (Lipinski definition) is 4. The summed E-state index contributed by atoms with van der Waals surface area (Å²) in [5.41, 5.74) is 0. The third kappa shape index (κ3) is 1.96. The lowest BCUT2D eigenvalue weighted by atomic mass is 10.0. The van der Waals surface area contributed by atoms with Crippen LogP contribution in [0.15, 0.2) is 6.20 Å². The third-order valence-corrected chi connectivity index (χ3v) is 2.19. The van der Waals surface area contributed by atoms with Gasteiger partial charge in [0.2, 0.25) is 11.7 Å². The molecule has 2 rings (SSSR count). The molecule has 1 amide bonds. The lowest BCUT2D eigenvalue weighted by Crippen LogP contribution is -2.48. The second-order valence-corrected chi connectivity index (χ2v) is 3.30. The maximum atomic E-state index is 11.4. The van der Waals surface area contributed by atoms with E-state index in [1.165, 1.54) is 6.20 Å². The van der Waals surface area contributed by atoms with Crippen molar-refractivity contribution >= 4 is 17.7 Å². The topological polar surface area (TPSA) is 107 Å². The molecule has 80 valence electrons. The maximum absolute atomic E-state index is 11.4. The van der Waals surface area contributed by atoms with Crippen molar-refractivity contribution in [2.45, 2.75) is 0 Å². The van der Waals surface area contributed by atoms with Gasteiger partial charge in [-0.1, -0.05) is 0 Å². The van der Waals surface area contributed by atoms with Gasteiger partial charge in [-0.2, -0.15) is 0 Å². The van der Waals surface area contributed by atoms with E-state index in [4.69, 9.17) is 5.11 Å². The summed E-state index contributed by atoms with van der Waals surface area (Å²) < 4.78 is 0. The van der Waals surface area contributed by atoms with Crippen molar-refractivity contribution in [3.8, 4) is 0 Å². The van der Waals surface area contributed by atoms with Gasteiger partial charge in [-0.15, -0.1) is 0 Å². The first kappa shape index (κ1) is 9.66. The molecule has 1 aliphatic rings. The first-order valence-corrected chi connectivity index (χ1v) is 4.46. The summed E-state index contributed by atoms with van der Waals surface area (Å²) in [6.45, 7) is 1.32. The monoisotopic (exact) mass is 210 g/mol. The average molecular weight is 210 g/mol. The van der Waals surface area contributed by atoms with Gasteiger partial charge in [0.15, 0.2) is 0 Å². The van der Waals surface area contributed by atoms with Crippen LogP contribution in [0.5, 0.6) is 0 Å². The molecular weight excluding hydrogens is 200 g/mol. The number of carboxylic acids is 1. The number of aromatic nitrogens is 2.